The quantitative estimate of drug-likeness (QED) is 0.617. The summed E-state index contributed by atoms with van der Waals surface area (Å²) in [7, 11) is 1.87. The maximum atomic E-state index is 10.00. The van der Waals surface area contributed by atoms with Gasteiger partial charge < -0.3 is 0 Å². The summed E-state index contributed by atoms with van der Waals surface area (Å²) in [5, 5.41) is 5.29. The SMILES string of the molecule is Cn1nc(Br)c2ccc(CN=C=O)cc21. The van der Waals surface area contributed by atoms with E-state index in [4.69, 9.17) is 0 Å². The molecule has 2 rings (SSSR count). The van der Waals surface area contributed by atoms with E-state index in [1.807, 2.05) is 25.2 Å². The number of rotatable bonds is 2. The van der Waals surface area contributed by atoms with Gasteiger partial charge in [-0.15, -0.1) is 0 Å². The van der Waals surface area contributed by atoms with Crippen molar-refractivity contribution in [1.82, 2.24) is 9.78 Å². The van der Waals surface area contributed by atoms with E-state index in [1.54, 1.807) is 4.68 Å². The van der Waals surface area contributed by atoms with E-state index in [1.165, 1.54) is 6.08 Å². The second-order valence-electron chi connectivity index (χ2n) is 3.17. The lowest BCUT2D eigenvalue weighted by Gasteiger charge is -1.97. The van der Waals surface area contributed by atoms with Gasteiger partial charge in [-0.05, 0) is 33.6 Å². The highest BCUT2D eigenvalue weighted by Gasteiger charge is 2.05. The molecule has 0 aliphatic carbocycles. The molecule has 0 unspecified atom stereocenters. The molecule has 1 aromatic carbocycles. The zero-order valence-electron chi connectivity index (χ0n) is 8.07. The molecule has 1 heterocycles. The first-order valence-corrected chi connectivity index (χ1v) is 5.16. The number of nitrogens with zero attached hydrogens (tertiary/aromatic N) is 3. The topological polar surface area (TPSA) is 47.2 Å². The summed E-state index contributed by atoms with van der Waals surface area (Å²) in [5.41, 5.74) is 1.99. The van der Waals surface area contributed by atoms with E-state index in [0.717, 1.165) is 21.1 Å². The smallest absolute Gasteiger partial charge is 0.235 e. The van der Waals surface area contributed by atoms with Crippen LogP contribution in [0.5, 0.6) is 0 Å². The highest BCUT2D eigenvalue weighted by Crippen LogP contribution is 2.23. The van der Waals surface area contributed by atoms with Crippen LogP contribution in [0.1, 0.15) is 5.56 Å². The van der Waals surface area contributed by atoms with Crippen molar-refractivity contribution < 1.29 is 4.79 Å². The van der Waals surface area contributed by atoms with Crippen molar-refractivity contribution in [2.45, 2.75) is 6.54 Å². The summed E-state index contributed by atoms with van der Waals surface area (Å²) < 4.78 is 2.61. The average molecular weight is 266 g/mol. The molecule has 0 N–H and O–H groups in total. The molecule has 0 fully saturated rings. The molecule has 0 saturated heterocycles. The van der Waals surface area contributed by atoms with Crippen LogP contribution in [0.25, 0.3) is 10.9 Å². The van der Waals surface area contributed by atoms with Crippen molar-refractivity contribution in [3.63, 3.8) is 0 Å². The van der Waals surface area contributed by atoms with E-state index in [9.17, 15) is 4.79 Å². The normalized spacial score (nSPS) is 10.3. The molecule has 0 atom stereocenters. The molecule has 1 aromatic heterocycles. The number of aryl methyl sites for hydroxylation is 1. The van der Waals surface area contributed by atoms with Crippen LogP contribution in [0.2, 0.25) is 0 Å². The van der Waals surface area contributed by atoms with E-state index in [-0.39, 0.29) is 0 Å². The molecule has 0 radical (unpaired) electrons. The molecule has 0 spiro atoms. The second-order valence-corrected chi connectivity index (χ2v) is 3.92. The second kappa shape index (κ2) is 3.96. The lowest BCUT2D eigenvalue weighted by atomic mass is 10.2. The van der Waals surface area contributed by atoms with Gasteiger partial charge >= 0.3 is 0 Å². The van der Waals surface area contributed by atoms with Crippen LogP contribution in [0, 0.1) is 0 Å². The number of isocyanates is 1. The molecule has 76 valence electrons. The van der Waals surface area contributed by atoms with Gasteiger partial charge in [0.15, 0.2) is 0 Å². The zero-order valence-corrected chi connectivity index (χ0v) is 9.65. The average Bonchev–Trinajstić information content (AvgIpc) is 2.52. The fourth-order valence-corrected chi connectivity index (χ4v) is 2.05. The van der Waals surface area contributed by atoms with Crippen molar-refractivity contribution in [1.29, 1.82) is 0 Å². The third-order valence-electron chi connectivity index (χ3n) is 2.20. The molecule has 5 heteroatoms. The van der Waals surface area contributed by atoms with Gasteiger partial charge in [-0.1, -0.05) is 6.07 Å². The van der Waals surface area contributed by atoms with Gasteiger partial charge in [0, 0.05) is 12.4 Å². The van der Waals surface area contributed by atoms with E-state index in [2.05, 4.69) is 26.0 Å². The summed E-state index contributed by atoms with van der Waals surface area (Å²) in [4.78, 5) is 13.5. The number of carbonyl (C=O) groups excluding carboxylic acids is 1. The van der Waals surface area contributed by atoms with Crippen LogP contribution in [0.4, 0.5) is 0 Å². The highest BCUT2D eigenvalue weighted by atomic mass is 79.9. The predicted octanol–water partition coefficient (Wildman–Crippen LogP) is 2.17. The lowest BCUT2D eigenvalue weighted by molar-refractivity contribution is 0.563. The van der Waals surface area contributed by atoms with Crippen LogP contribution in [-0.4, -0.2) is 15.9 Å². The summed E-state index contributed by atoms with van der Waals surface area (Å²) in [5.74, 6) is 0. The standard InChI is InChI=1S/C10H8BrN3O/c1-14-9-4-7(5-12-6-15)2-3-8(9)10(11)13-14/h2-4H,5H2,1H3. The van der Waals surface area contributed by atoms with Crippen molar-refractivity contribution in [2.24, 2.45) is 12.0 Å². The predicted molar refractivity (Wildman–Crippen MR) is 60.2 cm³/mol. The minimum Gasteiger partial charge on any atom is -0.267 e. The molecule has 0 amide bonds. The Morgan fingerprint density at radius 2 is 2.40 bits per heavy atom. The number of hydrogen-bond donors (Lipinski definition) is 0. The zero-order chi connectivity index (χ0) is 10.8. The fourth-order valence-electron chi connectivity index (χ4n) is 1.48. The number of aromatic nitrogens is 2. The summed E-state index contributed by atoms with van der Waals surface area (Å²) in [6.45, 7) is 0.363. The van der Waals surface area contributed by atoms with Gasteiger partial charge in [-0.25, -0.2) is 9.79 Å². The van der Waals surface area contributed by atoms with E-state index in [0.29, 0.717) is 6.54 Å². The van der Waals surface area contributed by atoms with Gasteiger partial charge in [-0.3, -0.25) is 4.68 Å². The third-order valence-corrected chi connectivity index (χ3v) is 2.78. The number of hydrogen-bond acceptors (Lipinski definition) is 3. The number of fused-ring (bicyclic) bond motifs is 1. The Kier molecular flexibility index (Phi) is 2.66. The Balaban J connectivity index is 2.54. The van der Waals surface area contributed by atoms with Crippen LogP contribution in [0.15, 0.2) is 27.8 Å². The summed E-state index contributed by atoms with van der Waals surface area (Å²) >= 11 is 3.38. The van der Waals surface area contributed by atoms with Gasteiger partial charge in [0.1, 0.15) is 4.60 Å². The molecule has 0 bridgehead atoms. The van der Waals surface area contributed by atoms with E-state index < -0.39 is 0 Å². The molecule has 2 aromatic rings. The fraction of sp³-hybridized carbons (Fsp3) is 0.200. The maximum absolute atomic E-state index is 10.00. The van der Waals surface area contributed by atoms with Crippen molar-refractivity contribution >= 4 is 32.9 Å². The first-order valence-electron chi connectivity index (χ1n) is 4.37. The summed E-state index contributed by atoms with van der Waals surface area (Å²) in [6, 6.07) is 5.85. The van der Waals surface area contributed by atoms with Crippen LogP contribution < -0.4 is 0 Å². The van der Waals surface area contributed by atoms with Crippen LogP contribution in [-0.2, 0) is 18.4 Å². The molecule has 0 aliphatic heterocycles. The maximum Gasteiger partial charge on any atom is 0.235 e. The Labute approximate surface area is 94.7 Å². The van der Waals surface area contributed by atoms with Crippen molar-refractivity contribution in [3.8, 4) is 0 Å². The van der Waals surface area contributed by atoms with Crippen LogP contribution >= 0.6 is 15.9 Å². The highest BCUT2D eigenvalue weighted by molar-refractivity contribution is 9.10. The molecule has 4 nitrogen and oxygen atoms in total. The van der Waals surface area contributed by atoms with Gasteiger partial charge in [0.25, 0.3) is 0 Å². The summed E-state index contributed by atoms with van der Waals surface area (Å²) in [6.07, 6.45) is 1.53. The van der Waals surface area contributed by atoms with Crippen molar-refractivity contribution in [2.75, 3.05) is 0 Å². The van der Waals surface area contributed by atoms with Gasteiger partial charge in [-0.2, -0.15) is 5.10 Å². The first-order chi connectivity index (χ1) is 7.22. The third kappa shape index (κ3) is 1.84. The molecular weight excluding hydrogens is 258 g/mol. The Morgan fingerprint density at radius 1 is 1.60 bits per heavy atom. The van der Waals surface area contributed by atoms with Crippen LogP contribution in [0.3, 0.4) is 0 Å². The molecular formula is C10H8BrN3O. The lowest BCUT2D eigenvalue weighted by Crippen LogP contribution is -1.90. The minimum atomic E-state index is 0.363. The first kappa shape index (κ1) is 10.1. The molecule has 0 saturated carbocycles. The van der Waals surface area contributed by atoms with Gasteiger partial charge in [0.2, 0.25) is 6.08 Å². The Hall–Kier alpha value is -1.45. The minimum absolute atomic E-state index is 0.363. The molecule has 0 aliphatic rings. The number of halogens is 1. The van der Waals surface area contributed by atoms with Crippen molar-refractivity contribution in [3.05, 3.63) is 28.4 Å². The monoisotopic (exact) mass is 265 g/mol. The van der Waals surface area contributed by atoms with E-state index >= 15 is 0 Å². The Morgan fingerprint density at radius 3 is 3.13 bits per heavy atom. The van der Waals surface area contributed by atoms with Gasteiger partial charge in [0.05, 0.1) is 12.1 Å². The number of aliphatic imine (C=N–C) groups is 1. The Bertz CT molecular complexity index is 555. The number of benzene rings is 1. The largest absolute Gasteiger partial charge is 0.267 e. The molecule has 15 heavy (non-hydrogen) atoms.